The summed E-state index contributed by atoms with van der Waals surface area (Å²) in [4.78, 5) is 21.4. The predicted molar refractivity (Wildman–Crippen MR) is 117 cm³/mol. The van der Waals surface area contributed by atoms with Gasteiger partial charge in [0.25, 0.3) is 0 Å². The molecule has 1 aromatic carbocycles. The Morgan fingerprint density at radius 1 is 1.03 bits per heavy atom. The second-order valence-electron chi connectivity index (χ2n) is 6.93. The van der Waals surface area contributed by atoms with Crippen molar-refractivity contribution in [3.63, 3.8) is 0 Å². The zero-order chi connectivity index (χ0) is 20.3. The highest BCUT2D eigenvalue weighted by molar-refractivity contribution is 7.14. The van der Waals surface area contributed by atoms with Gasteiger partial charge in [0.05, 0.1) is 17.8 Å². The minimum atomic E-state index is 0.111. The van der Waals surface area contributed by atoms with E-state index < -0.39 is 0 Å². The Morgan fingerprint density at radius 2 is 1.87 bits per heavy atom. The number of thiazole rings is 1. The van der Waals surface area contributed by atoms with Crippen LogP contribution in [0.5, 0.6) is 0 Å². The quantitative estimate of drug-likeness (QED) is 0.478. The number of benzene rings is 1. The summed E-state index contributed by atoms with van der Waals surface area (Å²) in [6, 6.07) is 11.9. The zero-order valence-electron chi connectivity index (χ0n) is 16.1. The summed E-state index contributed by atoms with van der Waals surface area (Å²) in [5.74, 6) is 0.813. The first kappa shape index (κ1) is 18.9. The Morgan fingerprint density at radius 3 is 2.63 bits per heavy atom. The van der Waals surface area contributed by atoms with Gasteiger partial charge in [0.15, 0.2) is 0 Å². The number of amides is 1. The summed E-state index contributed by atoms with van der Waals surface area (Å²) < 4.78 is 1.73. The predicted octanol–water partition coefficient (Wildman–Crippen LogP) is 2.74. The van der Waals surface area contributed by atoms with Crippen LogP contribution in [0, 0.1) is 0 Å². The number of rotatable bonds is 5. The molecule has 30 heavy (non-hydrogen) atoms. The molecule has 4 heterocycles. The number of piperazine rings is 1. The molecular weight excluding hydrogens is 418 g/mol. The molecule has 0 spiro atoms. The van der Waals surface area contributed by atoms with Crippen molar-refractivity contribution in [2.45, 2.75) is 6.42 Å². The van der Waals surface area contributed by atoms with Gasteiger partial charge in [-0.1, -0.05) is 23.3 Å². The average Bonchev–Trinajstić information content (AvgIpc) is 3.55. The van der Waals surface area contributed by atoms with Crippen molar-refractivity contribution in [2.75, 3.05) is 31.1 Å². The molecule has 1 aliphatic heterocycles. The second-order valence-corrected chi connectivity index (χ2v) is 8.57. The highest BCUT2D eigenvalue weighted by Crippen LogP contribution is 2.26. The fraction of sp³-hybridized carbons (Fsp3) is 0.250. The molecule has 0 aliphatic carbocycles. The van der Waals surface area contributed by atoms with Crippen LogP contribution in [0.2, 0.25) is 0 Å². The Labute approximate surface area is 181 Å². The van der Waals surface area contributed by atoms with Gasteiger partial charge in [0.1, 0.15) is 5.01 Å². The normalized spacial score (nSPS) is 14.3. The summed E-state index contributed by atoms with van der Waals surface area (Å²) >= 11 is 3.24. The third kappa shape index (κ3) is 3.83. The van der Waals surface area contributed by atoms with Crippen LogP contribution in [0.3, 0.4) is 0 Å². The molecule has 0 N–H and O–H groups in total. The van der Waals surface area contributed by atoms with E-state index in [4.69, 9.17) is 0 Å². The molecular formula is C20H19N7OS2. The molecule has 1 saturated heterocycles. The fourth-order valence-corrected chi connectivity index (χ4v) is 4.98. The van der Waals surface area contributed by atoms with Crippen LogP contribution in [0.4, 0.5) is 5.95 Å². The number of hydrogen-bond donors (Lipinski definition) is 0. The SMILES string of the molecule is O=C(Cc1csc(-c2ccsc2)n1)N1CCN(c2nnnn2-c2ccccc2)CC1. The molecule has 10 heteroatoms. The van der Waals surface area contributed by atoms with E-state index in [1.807, 2.05) is 46.0 Å². The number of tetrazole rings is 1. The maximum absolute atomic E-state index is 12.8. The van der Waals surface area contributed by atoms with Gasteiger partial charge in [0, 0.05) is 42.5 Å². The number of para-hydroxylation sites is 1. The van der Waals surface area contributed by atoms with Crippen LogP contribution in [0.25, 0.3) is 16.3 Å². The number of nitrogens with zero attached hydrogens (tertiary/aromatic N) is 7. The molecule has 1 fully saturated rings. The van der Waals surface area contributed by atoms with E-state index in [2.05, 4.69) is 36.9 Å². The summed E-state index contributed by atoms with van der Waals surface area (Å²) in [5, 5.41) is 19.2. The van der Waals surface area contributed by atoms with E-state index in [0.29, 0.717) is 38.5 Å². The molecule has 0 unspecified atom stereocenters. The van der Waals surface area contributed by atoms with Crippen molar-refractivity contribution in [3.8, 4) is 16.3 Å². The lowest BCUT2D eigenvalue weighted by Gasteiger charge is -2.34. The summed E-state index contributed by atoms with van der Waals surface area (Å²) in [6.45, 7) is 2.66. The van der Waals surface area contributed by atoms with Crippen molar-refractivity contribution < 1.29 is 4.79 Å². The number of thiophene rings is 1. The standard InChI is InChI=1S/C20H19N7OS2/c28-18(12-16-14-30-19(21-16)15-6-11-29-13-15)25-7-9-26(10-8-25)20-22-23-24-27(20)17-4-2-1-3-5-17/h1-6,11,13-14H,7-10,12H2. The smallest absolute Gasteiger partial charge is 0.250 e. The molecule has 0 radical (unpaired) electrons. The van der Waals surface area contributed by atoms with E-state index in [1.54, 1.807) is 27.4 Å². The molecule has 152 valence electrons. The third-order valence-corrected chi connectivity index (χ3v) is 6.64. The van der Waals surface area contributed by atoms with Gasteiger partial charge in [-0.05, 0) is 34.0 Å². The second kappa shape index (κ2) is 8.33. The highest BCUT2D eigenvalue weighted by atomic mass is 32.1. The van der Waals surface area contributed by atoms with Gasteiger partial charge in [-0.3, -0.25) is 4.79 Å². The minimum absolute atomic E-state index is 0.111. The van der Waals surface area contributed by atoms with E-state index in [9.17, 15) is 4.79 Å². The molecule has 4 aromatic rings. The van der Waals surface area contributed by atoms with Crippen molar-refractivity contribution in [1.82, 2.24) is 30.1 Å². The maximum Gasteiger partial charge on any atom is 0.250 e. The van der Waals surface area contributed by atoms with E-state index >= 15 is 0 Å². The monoisotopic (exact) mass is 437 g/mol. The van der Waals surface area contributed by atoms with Crippen molar-refractivity contribution in [1.29, 1.82) is 0 Å². The van der Waals surface area contributed by atoms with Gasteiger partial charge in [0.2, 0.25) is 11.9 Å². The summed E-state index contributed by atoms with van der Waals surface area (Å²) in [7, 11) is 0. The molecule has 3 aromatic heterocycles. The van der Waals surface area contributed by atoms with Gasteiger partial charge in [-0.2, -0.15) is 16.0 Å². The zero-order valence-corrected chi connectivity index (χ0v) is 17.7. The Hall–Kier alpha value is -3.11. The molecule has 8 nitrogen and oxygen atoms in total. The molecule has 1 amide bonds. The number of anilines is 1. The van der Waals surface area contributed by atoms with Gasteiger partial charge in [-0.25, -0.2) is 4.98 Å². The van der Waals surface area contributed by atoms with Crippen LogP contribution in [-0.2, 0) is 11.2 Å². The van der Waals surface area contributed by atoms with Crippen LogP contribution in [-0.4, -0.2) is 62.2 Å². The Bertz CT molecular complexity index is 1120. The van der Waals surface area contributed by atoms with E-state index in [-0.39, 0.29) is 5.91 Å². The number of aromatic nitrogens is 5. The lowest BCUT2D eigenvalue weighted by molar-refractivity contribution is -0.130. The molecule has 5 rings (SSSR count). The maximum atomic E-state index is 12.8. The Kier molecular flexibility index (Phi) is 5.24. The lowest BCUT2D eigenvalue weighted by atomic mass is 10.2. The van der Waals surface area contributed by atoms with Gasteiger partial charge < -0.3 is 9.80 Å². The Balaban J connectivity index is 1.21. The molecule has 0 saturated carbocycles. The van der Waals surface area contributed by atoms with Crippen molar-refractivity contribution in [3.05, 3.63) is 58.2 Å². The van der Waals surface area contributed by atoms with E-state index in [0.717, 1.165) is 22.0 Å². The average molecular weight is 438 g/mol. The third-order valence-electron chi connectivity index (χ3n) is 5.02. The van der Waals surface area contributed by atoms with Crippen molar-refractivity contribution in [2.24, 2.45) is 0 Å². The van der Waals surface area contributed by atoms with Crippen LogP contribution < -0.4 is 4.90 Å². The van der Waals surface area contributed by atoms with Gasteiger partial charge >= 0.3 is 0 Å². The van der Waals surface area contributed by atoms with Crippen LogP contribution in [0.15, 0.2) is 52.5 Å². The first-order valence-electron chi connectivity index (χ1n) is 9.61. The number of carbonyl (C=O) groups is 1. The summed E-state index contributed by atoms with van der Waals surface area (Å²) in [6.07, 6.45) is 0.336. The molecule has 0 bridgehead atoms. The first-order valence-corrected chi connectivity index (χ1v) is 11.4. The molecule has 1 aliphatic rings. The largest absolute Gasteiger partial charge is 0.339 e. The topological polar surface area (TPSA) is 80.0 Å². The summed E-state index contributed by atoms with van der Waals surface area (Å²) in [5.41, 5.74) is 2.87. The first-order chi connectivity index (χ1) is 14.8. The van der Waals surface area contributed by atoms with Crippen LogP contribution >= 0.6 is 22.7 Å². The highest BCUT2D eigenvalue weighted by Gasteiger charge is 2.25. The lowest BCUT2D eigenvalue weighted by Crippen LogP contribution is -2.50. The molecule has 0 atom stereocenters. The van der Waals surface area contributed by atoms with Crippen LogP contribution in [0.1, 0.15) is 5.69 Å². The fourth-order valence-electron chi connectivity index (χ4n) is 3.45. The van der Waals surface area contributed by atoms with E-state index in [1.165, 1.54) is 0 Å². The van der Waals surface area contributed by atoms with Crippen molar-refractivity contribution >= 4 is 34.5 Å². The number of hydrogen-bond acceptors (Lipinski definition) is 8. The minimum Gasteiger partial charge on any atom is -0.339 e. The van der Waals surface area contributed by atoms with Gasteiger partial charge in [-0.15, -0.1) is 11.3 Å². The number of carbonyl (C=O) groups excluding carboxylic acids is 1.